The number of hydrogen-bond donors (Lipinski definition) is 0. The van der Waals surface area contributed by atoms with Crippen LogP contribution in [0.2, 0.25) is 0 Å². The van der Waals surface area contributed by atoms with Gasteiger partial charge in [-0.1, -0.05) is 30.3 Å². The Morgan fingerprint density at radius 1 is 1.22 bits per heavy atom. The van der Waals surface area contributed by atoms with Crippen molar-refractivity contribution in [3.63, 3.8) is 0 Å². The van der Waals surface area contributed by atoms with E-state index in [4.69, 9.17) is 9.47 Å². The summed E-state index contributed by atoms with van der Waals surface area (Å²) >= 11 is 0. The minimum atomic E-state index is -0.483. The van der Waals surface area contributed by atoms with Crippen molar-refractivity contribution in [2.24, 2.45) is 0 Å². The van der Waals surface area contributed by atoms with Crippen molar-refractivity contribution in [3.8, 4) is 0 Å². The van der Waals surface area contributed by atoms with Crippen LogP contribution in [0, 0.1) is 0 Å². The Kier molecular flexibility index (Phi) is 6.05. The molecule has 1 fully saturated rings. The van der Waals surface area contributed by atoms with Crippen LogP contribution < -0.4 is 0 Å². The van der Waals surface area contributed by atoms with E-state index in [9.17, 15) is 4.79 Å². The molecule has 1 heterocycles. The topological polar surface area (TPSA) is 38.8 Å². The van der Waals surface area contributed by atoms with Gasteiger partial charge in [0.15, 0.2) is 0 Å². The molecule has 1 amide bonds. The average Bonchev–Trinajstić information content (AvgIpc) is 2.69. The van der Waals surface area contributed by atoms with Crippen LogP contribution in [0.25, 0.3) is 0 Å². The Bertz CT molecular complexity index is 495. The highest BCUT2D eigenvalue weighted by molar-refractivity contribution is 5.68. The summed E-state index contributed by atoms with van der Waals surface area (Å²) in [5.41, 5.74) is 0.735. The smallest absolute Gasteiger partial charge is 0.410 e. The molecule has 1 aliphatic rings. The molecule has 2 rings (SSSR count). The maximum absolute atomic E-state index is 12.7. The first-order valence-electron chi connectivity index (χ1n) is 8.47. The molecule has 0 radical (unpaired) electrons. The lowest BCUT2D eigenvalue weighted by atomic mass is 9.98. The highest BCUT2D eigenvalue weighted by atomic mass is 16.6. The van der Waals surface area contributed by atoms with Gasteiger partial charge in [0.25, 0.3) is 0 Å². The second kappa shape index (κ2) is 7.82. The normalized spacial score (nSPS) is 22.5. The SMILES string of the molecule is CO[C@@H]1CCCCN(C(=O)OC(C)(C)C)[C@H]1Cc1ccccc1. The van der Waals surface area contributed by atoms with E-state index in [1.807, 2.05) is 43.9 Å². The van der Waals surface area contributed by atoms with E-state index >= 15 is 0 Å². The third kappa shape index (κ3) is 5.24. The molecule has 0 aliphatic carbocycles. The van der Waals surface area contributed by atoms with Crippen molar-refractivity contribution < 1.29 is 14.3 Å². The first-order valence-corrected chi connectivity index (χ1v) is 8.47. The first kappa shape index (κ1) is 17.8. The Morgan fingerprint density at radius 2 is 1.91 bits per heavy atom. The van der Waals surface area contributed by atoms with E-state index in [2.05, 4.69) is 12.1 Å². The van der Waals surface area contributed by atoms with Gasteiger partial charge < -0.3 is 14.4 Å². The van der Waals surface area contributed by atoms with Crippen LogP contribution in [0.3, 0.4) is 0 Å². The molecule has 4 nitrogen and oxygen atoms in total. The molecule has 4 heteroatoms. The fraction of sp³-hybridized carbons (Fsp3) is 0.632. The highest BCUT2D eigenvalue weighted by Gasteiger charge is 2.35. The van der Waals surface area contributed by atoms with Gasteiger partial charge in [0, 0.05) is 13.7 Å². The zero-order valence-electron chi connectivity index (χ0n) is 14.7. The van der Waals surface area contributed by atoms with Gasteiger partial charge in [0.05, 0.1) is 12.1 Å². The molecule has 0 N–H and O–H groups in total. The Morgan fingerprint density at radius 3 is 2.52 bits per heavy atom. The van der Waals surface area contributed by atoms with Crippen LogP contribution in [0.15, 0.2) is 30.3 Å². The predicted molar refractivity (Wildman–Crippen MR) is 91.5 cm³/mol. The molecule has 2 atom stereocenters. The standard InChI is InChI=1S/C19H29NO3/c1-19(2,3)23-18(21)20-13-9-8-12-17(22-4)16(20)14-15-10-6-5-7-11-15/h5-7,10-11,16-17H,8-9,12-14H2,1-4H3/t16-,17+/m0/s1. The number of likely N-dealkylation sites (tertiary alicyclic amines) is 1. The fourth-order valence-electron chi connectivity index (χ4n) is 3.11. The molecule has 0 aromatic heterocycles. The highest BCUT2D eigenvalue weighted by Crippen LogP contribution is 2.25. The van der Waals surface area contributed by atoms with E-state index in [1.165, 1.54) is 5.56 Å². The zero-order valence-corrected chi connectivity index (χ0v) is 14.7. The van der Waals surface area contributed by atoms with Crippen molar-refractivity contribution in [2.45, 2.75) is 64.2 Å². The van der Waals surface area contributed by atoms with Crippen LogP contribution in [0.1, 0.15) is 45.6 Å². The summed E-state index contributed by atoms with van der Waals surface area (Å²) in [5, 5.41) is 0. The molecule has 23 heavy (non-hydrogen) atoms. The van der Waals surface area contributed by atoms with Crippen LogP contribution >= 0.6 is 0 Å². The van der Waals surface area contributed by atoms with E-state index in [1.54, 1.807) is 7.11 Å². The molecule has 0 spiro atoms. The maximum Gasteiger partial charge on any atom is 0.410 e. The minimum Gasteiger partial charge on any atom is -0.444 e. The molecule has 1 aliphatic heterocycles. The lowest BCUT2D eigenvalue weighted by Crippen LogP contribution is -2.49. The van der Waals surface area contributed by atoms with Gasteiger partial charge in [-0.3, -0.25) is 0 Å². The quantitative estimate of drug-likeness (QED) is 0.844. The van der Waals surface area contributed by atoms with Crippen molar-refractivity contribution in [1.82, 2.24) is 4.90 Å². The molecule has 1 aromatic rings. The minimum absolute atomic E-state index is 0.0137. The van der Waals surface area contributed by atoms with E-state index in [-0.39, 0.29) is 18.2 Å². The van der Waals surface area contributed by atoms with Gasteiger partial charge >= 0.3 is 6.09 Å². The van der Waals surface area contributed by atoms with Crippen molar-refractivity contribution in [1.29, 1.82) is 0 Å². The van der Waals surface area contributed by atoms with Gasteiger partial charge in [-0.05, 0) is 52.0 Å². The molecular formula is C19H29NO3. The number of amides is 1. The van der Waals surface area contributed by atoms with E-state index < -0.39 is 5.60 Å². The molecule has 1 saturated heterocycles. The van der Waals surface area contributed by atoms with Crippen molar-refractivity contribution >= 4 is 6.09 Å². The summed E-state index contributed by atoms with van der Waals surface area (Å²) in [6.07, 6.45) is 3.65. The molecule has 128 valence electrons. The van der Waals surface area contributed by atoms with Gasteiger partial charge in [0.1, 0.15) is 5.60 Å². The summed E-state index contributed by atoms with van der Waals surface area (Å²) in [4.78, 5) is 14.6. The summed E-state index contributed by atoms with van der Waals surface area (Å²) < 4.78 is 11.3. The summed E-state index contributed by atoms with van der Waals surface area (Å²) in [6.45, 7) is 6.44. The van der Waals surface area contributed by atoms with Crippen LogP contribution in [0.5, 0.6) is 0 Å². The lowest BCUT2D eigenvalue weighted by molar-refractivity contribution is -0.0125. The summed E-state index contributed by atoms with van der Waals surface area (Å²) in [5.74, 6) is 0. The third-order valence-corrected chi connectivity index (χ3v) is 4.19. The number of methoxy groups -OCH3 is 1. The molecule has 1 aromatic carbocycles. The van der Waals surface area contributed by atoms with Gasteiger partial charge in [-0.15, -0.1) is 0 Å². The first-order chi connectivity index (χ1) is 10.9. The molecule has 0 unspecified atom stereocenters. The largest absolute Gasteiger partial charge is 0.444 e. The van der Waals surface area contributed by atoms with Gasteiger partial charge in [-0.25, -0.2) is 4.79 Å². The van der Waals surface area contributed by atoms with Crippen molar-refractivity contribution in [3.05, 3.63) is 35.9 Å². The Labute approximate surface area is 139 Å². The molecule has 0 bridgehead atoms. The molecule has 0 saturated carbocycles. The number of hydrogen-bond acceptors (Lipinski definition) is 3. The Balaban J connectivity index is 2.21. The van der Waals surface area contributed by atoms with Crippen LogP contribution in [0.4, 0.5) is 4.79 Å². The maximum atomic E-state index is 12.7. The third-order valence-electron chi connectivity index (χ3n) is 4.19. The summed E-state index contributed by atoms with van der Waals surface area (Å²) in [7, 11) is 1.74. The predicted octanol–water partition coefficient (Wildman–Crippen LogP) is 4.03. The number of rotatable bonds is 3. The van der Waals surface area contributed by atoms with Crippen LogP contribution in [-0.4, -0.2) is 42.4 Å². The second-order valence-electron chi connectivity index (χ2n) is 7.20. The van der Waals surface area contributed by atoms with Crippen molar-refractivity contribution in [2.75, 3.05) is 13.7 Å². The van der Waals surface area contributed by atoms with Crippen LogP contribution in [-0.2, 0) is 15.9 Å². The second-order valence-corrected chi connectivity index (χ2v) is 7.20. The number of carbonyl (C=O) groups is 1. The number of nitrogens with zero attached hydrogens (tertiary/aromatic N) is 1. The fourth-order valence-corrected chi connectivity index (χ4v) is 3.11. The monoisotopic (exact) mass is 319 g/mol. The zero-order chi connectivity index (χ0) is 16.9. The Hall–Kier alpha value is -1.55. The van der Waals surface area contributed by atoms with Gasteiger partial charge in [-0.2, -0.15) is 0 Å². The number of carbonyl (C=O) groups excluding carboxylic acids is 1. The number of ether oxygens (including phenoxy) is 2. The number of benzene rings is 1. The van der Waals surface area contributed by atoms with E-state index in [0.717, 1.165) is 32.2 Å². The average molecular weight is 319 g/mol. The lowest BCUT2D eigenvalue weighted by Gasteiger charge is -2.35. The van der Waals surface area contributed by atoms with Gasteiger partial charge in [0.2, 0.25) is 0 Å². The molecular weight excluding hydrogens is 290 g/mol. The van der Waals surface area contributed by atoms with E-state index in [0.29, 0.717) is 0 Å². The summed E-state index contributed by atoms with van der Waals surface area (Å²) in [6, 6.07) is 10.3.